The van der Waals surface area contributed by atoms with Gasteiger partial charge in [-0.3, -0.25) is 9.69 Å². The SMILES string of the molecule is CCc1nc(CN2CCC(CNC(=O)NCC(=O)NC)CC2)cs1. The van der Waals surface area contributed by atoms with E-state index in [4.69, 9.17) is 0 Å². The number of likely N-dealkylation sites (N-methyl/N-ethyl adjacent to an activating group) is 1. The molecule has 0 aliphatic carbocycles. The maximum atomic E-state index is 11.6. The fourth-order valence-corrected chi connectivity index (χ4v) is 3.45. The first kappa shape index (κ1) is 18.7. The molecule has 1 aromatic rings. The van der Waals surface area contributed by atoms with Crippen LogP contribution in [0.1, 0.15) is 30.5 Å². The van der Waals surface area contributed by atoms with E-state index in [1.807, 2.05) is 0 Å². The van der Waals surface area contributed by atoms with Gasteiger partial charge >= 0.3 is 6.03 Å². The van der Waals surface area contributed by atoms with Gasteiger partial charge in [-0.25, -0.2) is 9.78 Å². The van der Waals surface area contributed by atoms with Gasteiger partial charge in [0.15, 0.2) is 0 Å². The number of thiazole rings is 1. The molecular weight excluding hydrogens is 326 g/mol. The number of likely N-dealkylation sites (tertiary alicyclic amines) is 1. The van der Waals surface area contributed by atoms with E-state index in [0.717, 1.165) is 38.9 Å². The standard InChI is InChI=1S/C16H27N5O2S/c1-3-15-20-13(11-24-15)10-21-6-4-12(5-7-21)8-18-16(23)19-9-14(22)17-2/h11-12H,3-10H2,1-2H3,(H,17,22)(H2,18,19,23). The van der Waals surface area contributed by atoms with Crippen LogP contribution in [0.3, 0.4) is 0 Å². The Morgan fingerprint density at radius 1 is 1.33 bits per heavy atom. The van der Waals surface area contributed by atoms with Crippen LogP contribution in [0.2, 0.25) is 0 Å². The van der Waals surface area contributed by atoms with E-state index in [-0.39, 0.29) is 18.5 Å². The molecule has 0 aromatic carbocycles. The molecule has 2 rings (SSSR count). The number of rotatable bonds is 7. The largest absolute Gasteiger partial charge is 0.358 e. The van der Waals surface area contributed by atoms with E-state index >= 15 is 0 Å². The number of nitrogens with one attached hydrogen (secondary N) is 3. The molecule has 24 heavy (non-hydrogen) atoms. The highest BCUT2D eigenvalue weighted by molar-refractivity contribution is 7.09. The van der Waals surface area contributed by atoms with Gasteiger partial charge in [0.2, 0.25) is 5.91 Å². The highest BCUT2D eigenvalue weighted by Crippen LogP contribution is 2.19. The summed E-state index contributed by atoms with van der Waals surface area (Å²) < 4.78 is 0. The molecule has 0 spiro atoms. The predicted octanol–water partition coefficient (Wildman–Crippen LogP) is 0.963. The summed E-state index contributed by atoms with van der Waals surface area (Å²) in [6.07, 6.45) is 3.14. The number of piperidine rings is 1. The summed E-state index contributed by atoms with van der Waals surface area (Å²) in [5.74, 6) is 0.292. The quantitative estimate of drug-likeness (QED) is 0.682. The molecule has 1 aliphatic heterocycles. The molecule has 0 radical (unpaired) electrons. The van der Waals surface area contributed by atoms with Crippen molar-refractivity contribution in [2.75, 3.05) is 33.2 Å². The van der Waals surface area contributed by atoms with Crippen LogP contribution >= 0.6 is 11.3 Å². The van der Waals surface area contributed by atoms with E-state index < -0.39 is 0 Å². The Bertz CT molecular complexity index is 540. The van der Waals surface area contributed by atoms with Crippen molar-refractivity contribution in [1.29, 1.82) is 0 Å². The fourth-order valence-electron chi connectivity index (χ4n) is 2.71. The molecule has 3 N–H and O–H groups in total. The maximum Gasteiger partial charge on any atom is 0.315 e. The third-order valence-corrected chi connectivity index (χ3v) is 5.28. The van der Waals surface area contributed by atoms with Crippen LogP contribution in [0, 0.1) is 5.92 Å². The van der Waals surface area contributed by atoms with Crippen molar-refractivity contribution in [3.05, 3.63) is 16.1 Å². The Morgan fingerprint density at radius 2 is 2.08 bits per heavy atom. The van der Waals surface area contributed by atoms with E-state index in [9.17, 15) is 9.59 Å². The first-order valence-corrected chi connectivity index (χ1v) is 9.36. The molecule has 0 atom stereocenters. The summed E-state index contributed by atoms with van der Waals surface area (Å²) in [7, 11) is 1.55. The molecule has 0 unspecified atom stereocenters. The number of hydrogen-bond acceptors (Lipinski definition) is 5. The minimum absolute atomic E-state index is 0.00810. The zero-order valence-electron chi connectivity index (χ0n) is 14.4. The summed E-state index contributed by atoms with van der Waals surface area (Å²) in [5, 5.41) is 11.2. The minimum Gasteiger partial charge on any atom is -0.358 e. The number of carbonyl (C=O) groups excluding carboxylic acids is 2. The van der Waals surface area contributed by atoms with Crippen molar-refractivity contribution < 1.29 is 9.59 Å². The number of urea groups is 1. The van der Waals surface area contributed by atoms with Crippen molar-refractivity contribution in [2.24, 2.45) is 5.92 Å². The van der Waals surface area contributed by atoms with Gasteiger partial charge in [-0.05, 0) is 38.3 Å². The summed E-state index contributed by atoms with van der Waals surface area (Å²) in [6.45, 7) is 5.78. The third kappa shape index (κ3) is 6.09. The Balaban J connectivity index is 1.62. The second-order valence-electron chi connectivity index (χ2n) is 6.04. The summed E-state index contributed by atoms with van der Waals surface area (Å²) in [6, 6.07) is -0.282. The highest BCUT2D eigenvalue weighted by atomic mass is 32.1. The Morgan fingerprint density at radius 3 is 2.71 bits per heavy atom. The van der Waals surface area contributed by atoms with Gasteiger partial charge in [-0.1, -0.05) is 6.92 Å². The lowest BCUT2D eigenvalue weighted by Gasteiger charge is -2.31. The number of amides is 3. The normalized spacial score (nSPS) is 15.9. The van der Waals surface area contributed by atoms with Gasteiger partial charge in [0, 0.05) is 25.5 Å². The maximum absolute atomic E-state index is 11.6. The molecule has 134 valence electrons. The summed E-state index contributed by atoms with van der Waals surface area (Å²) in [5.41, 5.74) is 1.17. The predicted molar refractivity (Wildman–Crippen MR) is 95.0 cm³/mol. The average molecular weight is 353 g/mol. The topological polar surface area (TPSA) is 86.4 Å². The number of nitrogens with zero attached hydrogens (tertiary/aromatic N) is 2. The van der Waals surface area contributed by atoms with Crippen LogP contribution in [-0.2, 0) is 17.8 Å². The van der Waals surface area contributed by atoms with Crippen LogP contribution in [0.25, 0.3) is 0 Å². The molecular formula is C16H27N5O2S. The number of carbonyl (C=O) groups is 2. The number of aromatic nitrogens is 1. The zero-order chi connectivity index (χ0) is 17.4. The van der Waals surface area contributed by atoms with Crippen LogP contribution in [0.5, 0.6) is 0 Å². The van der Waals surface area contributed by atoms with Crippen LogP contribution in [-0.4, -0.2) is 55.0 Å². The van der Waals surface area contributed by atoms with Crippen molar-refractivity contribution >= 4 is 23.3 Å². The van der Waals surface area contributed by atoms with Crippen molar-refractivity contribution in [3.63, 3.8) is 0 Å². The summed E-state index contributed by atoms with van der Waals surface area (Å²) >= 11 is 1.74. The summed E-state index contributed by atoms with van der Waals surface area (Å²) in [4.78, 5) is 29.7. The van der Waals surface area contributed by atoms with Gasteiger partial charge in [0.05, 0.1) is 17.2 Å². The Hall–Kier alpha value is -1.67. The molecule has 0 saturated carbocycles. The fraction of sp³-hybridized carbons (Fsp3) is 0.688. The minimum atomic E-state index is -0.282. The molecule has 0 bridgehead atoms. The third-order valence-electron chi connectivity index (χ3n) is 4.23. The van der Waals surface area contributed by atoms with Gasteiger partial charge in [0.1, 0.15) is 0 Å². The lowest BCUT2D eigenvalue weighted by atomic mass is 9.97. The van der Waals surface area contributed by atoms with Crippen LogP contribution in [0.15, 0.2) is 5.38 Å². The Labute approximate surface area is 147 Å². The molecule has 1 fully saturated rings. The van der Waals surface area contributed by atoms with Crippen molar-refractivity contribution in [1.82, 2.24) is 25.8 Å². The van der Waals surface area contributed by atoms with Gasteiger partial charge in [-0.2, -0.15) is 0 Å². The van der Waals surface area contributed by atoms with E-state index in [2.05, 4.69) is 38.1 Å². The second-order valence-corrected chi connectivity index (χ2v) is 6.99. The smallest absolute Gasteiger partial charge is 0.315 e. The van der Waals surface area contributed by atoms with Crippen molar-refractivity contribution in [2.45, 2.75) is 32.7 Å². The number of aryl methyl sites for hydroxylation is 1. The monoisotopic (exact) mass is 353 g/mol. The van der Waals surface area contributed by atoms with Gasteiger partial charge in [-0.15, -0.1) is 11.3 Å². The van der Waals surface area contributed by atoms with E-state index in [1.54, 1.807) is 18.4 Å². The molecule has 2 heterocycles. The highest BCUT2D eigenvalue weighted by Gasteiger charge is 2.20. The average Bonchev–Trinajstić information content (AvgIpc) is 3.06. The first-order valence-electron chi connectivity index (χ1n) is 8.48. The van der Waals surface area contributed by atoms with E-state index in [1.165, 1.54) is 10.7 Å². The molecule has 1 aliphatic rings. The lowest BCUT2D eigenvalue weighted by Crippen LogP contribution is -2.44. The molecule has 1 saturated heterocycles. The zero-order valence-corrected chi connectivity index (χ0v) is 15.2. The molecule has 3 amide bonds. The Kier molecular flexibility index (Phi) is 7.45. The first-order chi connectivity index (χ1) is 11.6. The van der Waals surface area contributed by atoms with Gasteiger partial charge < -0.3 is 16.0 Å². The second kappa shape index (κ2) is 9.58. The number of hydrogen-bond donors (Lipinski definition) is 3. The van der Waals surface area contributed by atoms with Crippen molar-refractivity contribution in [3.8, 4) is 0 Å². The molecule has 1 aromatic heterocycles. The molecule has 8 heteroatoms. The van der Waals surface area contributed by atoms with Crippen LogP contribution < -0.4 is 16.0 Å². The molecule has 7 nitrogen and oxygen atoms in total. The van der Waals surface area contributed by atoms with E-state index in [0.29, 0.717) is 12.5 Å². The lowest BCUT2D eigenvalue weighted by molar-refractivity contribution is -0.119. The van der Waals surface area contributed by atoms with Gasteiger partial charge in [0.25, 0.3) is 0 Å². The van der Waals surface area contributed by atoms with Crippen LogP contribution in [0.4, 0.5) is 4.79 Å².